The quantitative estimate of drug-likeness (QED) is 0.841. The molecule has 0 saturated heterocycles. The van der Waals surface area contributed by atoms with Crippen LogP contribution in [0.3, 0.4) is 0 Å². The van der Waals surface area contributed by atoms with E-state index in [-0.39, 0.29) is 10.7 Å². The van der Waals surface area contributed by atoms with Gasteiger partial charge in [0, 0.05) is 5.56 Å². The number of primary amides is 1. The van der Waals surface area contributed by atoms with E-state index in [1.165, 1.54) is 7.11 Å². The second kappa shape index (κ2) is 4.14. The average molecular weight is 280 g/mol. The molecule has 1 aromatic rings. The highest BCUT2D eigenvalue weighted by Gasteiger charge is 2.19. The number of carbonyl (C=O) groups excluding carboxylic acids is 1. The summed E-state index contributed by atoms with van der Waals surface area (Å²) < 4.78 is 5.58. The van der Waals surface area contributed by atoms with Crippen molar-refractivity contribution in [2.75, 3.05) is 7.11 Å². The van der Waals surface area contributed by atoms with Crippen molar-refractivity contribution in [2.45, 2.75) is 6.92 Å². The second-order valence-corrected chi connectivity index (χ2v) is 3.70. The van der Waals surface area contributed by atoms with E-state index in [1.807, 2.05) is 0 Å². The summed E-state index contributed by atoms with van der Waals surface area (Å²) in [6.45, 7) is 1.75. The molecule has 0 saturated carbocycles. The lowest BCUT2D eigenvalue weighted by molar-refractivity contribution is 0.0997. The van der Waals surface area contributed by atoms with E-state index in [0.717, 1.165) is 0 Å². The molecule has 4 nitrogen and oxygen atoms in total. The number of ether oxygens (including phenoxy) is 1. The van der Waals surface area contributed by atoms with Crippen LogP contribution < -0.4 is 10.5 Å². The standard InChI is InChI=1S/C8H8BrClN2O2/c1-3-5(14-2)4(8(11)13)7(10)12-6(3)9/h1-2H3,(H2,11,13). The van der Waals surface area contributed by atoms with Gasteiger partial charge in [0.15, 0.2) is 0 Å². The number of nitrogens with zero attached hydrogens (tertiary/aromatic N) is 1. The van der Waals surface area contributed by atoms with Crippen molar-refractivity contribution >= 4 is 33.4 Å². The molecule has 0 aromatic carbocycles. The number of nitrogens with two attached hydrogens (primary N) is 1. The summed E-state index contributed by atoms with van der Waals surface area (Å²) in [5, 5.41) is 0.0341. The van der Waals surface area contributed by atoms with Crippen molar-refractivity contribution in [1.82, 2.24) is 4.98 Å². The highest BCUT2D eigenvalue weighted by molar-refractivity contribution is 9.10. The Balaban J connectivity index is 3.55. The fourth-order valence-electron chi connectivity index (χ4n) is 1.07. The Morgan fingerprint density at radius 1 is 1.64 bits per heavy atom. The molecule has 0 atom stereocenters. The van der Waals surface area contributed by atoms with Gasteiger partial charge in [-0.25, -0.2) is 4.98 Å². The number of methoxy groups -OCH3 is 1. The van der Waals surface area contributed by atoms with Gasteiger partial charge in [0.25, 0.3) is 5.91 Å². The molecular weight excluding hydrogens is 271 g/mol. The number of hydrogen-bond acceptors (Lipinski definition) is 3. The summed E-state index contributed by atoms with van der Waals surface area (Å²) in [5.74, 6) is -0.306. The van der Waals surface area contributed by atoms with Gasteiger partial charge < -0.3 is 10.5 Å². The van der Waals surface area contributed by atoms with E-state index >= 15 is 0 Å². The molecular formula is C8H8BrClN2O2. The summed E-state index contributed by atoms with van der Waals surface area (Å²) in [6.07, 6.45) is 0. The smallest absolute Gasteiger partial charge is 0.255 e. The number of carbonyl (C=O) groups is 1. The van der Waals surface area contributed by atoms with Gasteiger partial charge in [-0.2, -0.15) is 0 Å². The molecule has 0 aliphatic carbocycles. The lowest BCUT2D eigenvalue weighted by atomic mass is 10.2. The Labute approximate surface area is 94.5 Å². The Bertz CT molecular complexity index is 395. The molecule has 1 rings (SSSR count). The van der Waals surface area contributed by atoms with Crippen LogP contribution in [0.25, 0.3) is 0 Å². The number of rotatable bonds is 2. The number of pyridine rings is 1. The maximum absolute atomic E-state index is 11.1. The molecule has 0 fully saturated rings. The maximum Gasteiger partial charge on any atom is 0.255 e. The zero-order chi connectivity index (χ0) is 10.9. The van der Waals surface area contributed by atoms with Crippen LogP contribution in [-0.2, 0) is 0 Å². The molecule has 0 spiro atoms. The predicted molar refractivity (Wildman–Crippen MR) is 56.8 cm³/mol. The largest absolute Gasteiger partial charge is 0.495 e. The third kappa shape index (κ3) is 1.83. The van der Waals surface area contributed by atoms with Gasteiger partial charge in [-0.05, 0) is 22.9 Å². The number of hydrogen-bond donors (Lipinski definition) is 1. The number of halogens is 2. The SMILES string of the molecule is COc1c(C)c(Br)nc(Cl)c1C(N)=O. The van der Waals surface area contributed by atoms with Crippen LogP contribution in [0.5, 0.6) is 5.75 Å². The third-order valence-electron chi connectivity index (χ3n) is 1.73. The third-order valence-corrected chi connectivity index (χ3v) is 2.78. The Hall–Kier alpha value is -0.810. The van der Waals surface area contributed by atoms with Gasteiger partial charge in [-0.3, -0.25) is 4.79 Å². The van der Waals surface area contributed by atoms with Crippen LogP contribution in [0.2, 0.25) is 5.15 Å². The first-order valence-electron chi connectivity index (χ1n) is 3.68. The van der Waals surface area contributed by atoms with Gasteiger partial charge in [-0.1, -0.05) is 11.6 Å². The lowest BCUT2D eigenvalue weighted by Gasteiger charge is -2.11. The van der Waals surface area contributed by atoms with Gasteiger partial charge >= 0.3 is 0 Å². The summed E-state index contributed by atoms with van der Waals surface area (Å²) in [6, 6.07) is 0. The Morgan fingerprint density at radius 2 is 2.21 bits per heavy atom. The molecule has 2 N–H and O–H groups in total. The first-order chi connectivity index (χ1) is 6.49. The van der Waals surface area contributed by atoms with Gasteiger partial charge in [-0.15, -0.1) is 0 Å². The molecule has 14 heavy (non-hydrogen) atoms. The monoisotopic (exact) mass is 278 g/mol. The Morgan fingerprint density at radius 3 is 2.64 bits per heavy atom. The molecule has 0 unspecified atom stereocenters. The van der Waals surface area contributed by atoms with Gasteiger partial charge in [0.2, 0.25) is 0 Å². The van der Waals surface area contributed by atoms with E-state index in [2.05, 4.69) is 20.9 Å². The summed E-state index contributed by atoms with van der Waals surface area (Å²) >= 11 is 8.95. The number of amides is 1. The average Bonchev–Trinajstić information content (AvgIpc) is 2.09. The minimum absolute atomic E-state index is 0.0341. The molecule has 0 aliphatic heterocycles. The zero-order valence-corrected chi connectivity index (χ0v) is 9.94. The molecule has 6 heteroatoms. The van der Waals surface area contributed by atoms with Crippen molar-refractivity contribution in [3.8, 4) is 5.75 Å². The summed E-state index contributed by atoms with van der Waals surface area (Å²) in [5.41, 5.74) is 5.94. The maximum atomic E-state index is 11.1. The highest BCUT2D eigenvalue weighted by Crippen LogP contribution is 2.32. The fraction of sp³-hybridized carbons (Fsp3) is 0.250. The van der Waals surface area contributed by atoms with Crippen molar-refractivity contribution in [3.63, 3.8) is 0 Å². The minimum atomic E-state index is -0.657. The van der Waals surface area contributed by atoms with Crippen LogP contribution in [0.15, 0.2) is 4.60 Å². The normalized spacial score (nSPS) is 10.0. The molecule has 1 aromatic heterocycles. The molecule has 76 valence electrons. The first kappa shape index (κ1) is 11.3. The molecule has 0 bridgehead atoms. The Kier molecular flexibility index (Phi) is 3.34. The zero-order valence-electron chi connectivity index (χ0n) is 7.60. The van der Waals surface area contributed by atoms with Crippen molar-refractivity contribution in [2.24, 2.45) is 5.73 Å². The van der Waals surface area contributed by atoms with E-state index in [4.69, 9.17) is 22.1 Å². The predicted octanol–water partition coefficient (Wildman–Crippen LogP) is 1.91. The second-order valence-electron chi connectivity index (χ2n) is 2.59. The molecule has 0 radical (unpaired) electrons. The molecule has 1 amide bonds. The van der Waals surface area contributed by atoms with E-state index in [9.17, 15) is 4.79 Å². The van der Waals surface area contributed by atoms with E-state index in [1.54, 1.807) is 6.92 Å². The van der Waals surface area contributed by atoms with Crippen LogP contribution in [0.1, 0.15) is 15.9 Å². The van der Waals surface area contributed by atoms with Crippen LogP contribution in [-0.4, -0.2) is 18.0 Å². The van der Waals surface area contributed by atoms with Crippen molar-refractivity contribution < 1.29 is 9.53 Å². The highest BCUT2D eigenvalue weighted by atomic mass is 79.9. The fourth-order valence-corrected chi connectivity index (χ4v) is 1.79. The topological polar surface area (TPSA) is 65.2 Å². The minimum Gasteiger partial charge on any atom is -0.495 e. The molecule has 1 heterocycles. The van der Waals surface area contributed by atoms with Gasteiger partial charge in [0.05, 0.1) is 7.11 Å². The summed E-state index contributed by atoms with van der Waals surface area (Å²) in [4.78, 5) is 15.0. The van der Waals surface area contributed by atoms with Crippen LogP contribution in [0.4, 0.5) is 0 Å². The van der Waals surface area contributed by atoms with Crippen molar-refractivity contribution in [3.05, 3.63) is 20.9 Å². The van der Waals surface area contributed by atoms with Crippen molar-refractivity contribution in [1.29, 1.82) is 0 Å². The molecule has 0 aliphatic rings. The van der Waals surface area contributed by atoms with Gasteiger partial charge in [0.1, 0.15) is 21.1 Å². The summed E-state index contributed by atoms with van der Waals surface area (Å²) in [7, 11) is 1.44. The van der Waals surface area contributed by atoms with E-state index < -0.39 is 5.91 Å². The first-order valence-corrected chi connectivity index (χ1v) is 4.85. The van der Waals surface area contributed by atoms with Crippen LogP contribution in [0, 0.1) is 6.92 Å². The van der Waals surface area contributed by atoms with Crippen LogP contribution >= 0.6 is 27.5 Å². The number of aromatic nitrogens is 1. The lowest BCUT2D eigenvalue weighted by Crippen LogP contribution is -2.15. The van der Waals surface area contributed by atoms with E-state index in [0.29, 0.717) is 15.9 Å².